The van der Waals surface area contributed by atoms with Crippen LogP contribution in [0.5, 0.6) is 0 Å². The zero-order valence-corrected chi connectivity index (χ0v) is 17.7. The van der Waals surface area contributed by atoms with Crippen molar-refractivity contribution < 1.29 is 18.3 Å². The van der Waals surface area contributed by atoms with Crippen LogP contribution in [0, 0.1) is 0 Å². The van der Waals surface area contributed by atoms with Gasteiger partial charge < -0.3 is 5.11 Å². The van der Waals surface area contributed by atoms with Crippen molar-refractivity contribution in [3.8, 4) is 10.6 Å². The number of carboxylic acids is 1. The van der Waals surface area contributed by atoms with E-state index >= 15 is 0 Å². The Labute approximate surface area is 177 Å². The lowest BCUT2D eigenvalue weighted by Crippen LogP contribution is -2.47. The summed E-state index contributed by atoms with van der Waals surface area (Å²) in [5.74, 6) is -1.19. The van der Waals surface area contributed by atoms with Crippen LogP contribution in [0.3, 0.4) is 0 Å². The average Bonchev–Trinajstić information content (AvgIpc) is 3.05. The molecule has 29 heavy (non-hydrogen) atoms. The largest absolute Gasteiger partial charge is 0.480 e. The summed E-state index contributed by atoms with van der Waals surface area (Å²) < 4.78 is 28.5. The number of pyridine rings is 1. The van der Waals surface area contributed by atoms with Gasteiger partial charge in [0.25, 0.3) is 10.0 Å². The lowest BCUT2D eigenvalue weighted by molar-refractivity contribution is -0.140. The Morgan fingerprint density at radius 2 is 1.90 bits per heavy atom. The third-order valence-electron chi connectivity index (χ3n) is 5.35. The lowest BCUT2D eigenvalue weighted by atomic mass is 9.93. The Morgan fingerprint density at radius 1 is 1.17 bits per heavy atom. The number of hydrogen-bond donors (Lipinski definition) is 2. The van der Waals surface area contributed by atoms with Crippen molar-refractivity contribution in [3.05, 3.63) is 71.4 Å². The summed E-state index contributed by atoms with van der Waals surface area (Å²) in [4.78, 5) is 16.9. The zero-order valence-electron chi connectivity index (χ0n) is 15.3. The number of benzene rings is 1. The molecule has 1 aliphatic rings. The van der Waals surface area contributed by atoms with Crippen LogP contribution in [-0.2, 0) is 20.2 Å². The smallest absolute Gasteiger partial charge is 0.325 e. The highest BCUT2D eigenvalue weighted by atomic mass is 35.5. The van der Waals surface area contributed by atoms with Gasteiger partial charge in [-0.2, -0.15) is 4.72 Å². The summed E-state index contributed by atoms with van der Waals surface area (Å²) in [5.41, 5.74) is -1.04. The van der Waals surface area contributed by atoms with E-state index in [-0.39, 0.29) is 10.6 Å². The molecule has 6 nitrogen and oxygen atoms in total. The Bertz CT molecular complexity index is 1180. The van der Waals surface area contributed by atoms with Crippen molar-refractivity contribution in [3.63, 3.8) is 0 Å². The second kappa shape index (κ2) is 6.91. The van der Waals surface area contributed by atoms with Gasteiger partial charge in [0.2, 0.25) is 0 Å². The van der Waals surface area contributed by atoms with Crippen molar-refractivity contribution in [2.45, 2.75) is 28.5 Å². The van der Waals surface area contributed by atoms with Crippen LogP contribution in [0.25, 0.3) is 10.6 Å². The predicted octanol–water partition coefficient (Wildman–Crippen LogP) is 3.93. The average molecular weight is 449 g/mol. The summed E-state index contributed by atoms with van der Waals surface area (Å²) in [5, 5.41) is 10.4. The van der Waals surface area contributed by atoms with Gasteiger partial charge in [-0.15, -0.1) is 11.3 Å². The van der Waals surface area contributed by atoms with Crippen molar-refractivity contribution in [1.82, 2.24) is 9.71 Å². The Morgan fingerprint density at radius 3 is 2.52 bits per heavy atom. The minimum absolute atomic E-state index is 0.0344. The zero-order chi connectivity index (χ0) is 20.9. The van der Waals surface area contributed by atoms with Crippen LogP contribution in [-0.4, -0.2) is 30.0 Å². The highest BCUT2D eigenvalue weighted by Gasteiger charge is 2.72. The van der Waals surface area contributed by atoms with Gasteiger partial charge in [0, 0.05) is 11.6 Å². The molecule has 0 amide bonds. The first-order valence-electron chi connectivity index (χ1n) is 8.73. The van der Waals surface area contributed by atoms with E-state index in [0.717, 1.165) is 16.9 Å². The van der Waals surface area contributed by atoms with E-state index < -0.39 is 26.9 Å². The SMILES string of the molecule is C[C@]1(c2ccccc2)C[C@@]1(NS(=O)(=O)c1ccc(-c2ccc(Cl)cn2)s1)C(=O)O. The number of aromatic nitrogens is 1. The molecule has 1 saturated carbocycles. The molecule has 1 aliphatic carbocycles. The molecular weight excluding hydrogens is 432 g/mol. The lowest BCUT2D eigenvalue weighted by Gasteiger charge is -2.20. The maximum atomic E-state index is 13.0. The molecule has 2 N–H and O–H groups in total. The number of nitrogens with zero attached hydrogens (tertiary/aromatic N) is 1. The molecule has 1 aromatic carbocycles. The fourth-order valence-electron chi connectivity index (χ4n) is 3.55. The van der Waals surface area contributed by atoms with E-state index in [1.807, 2.05) is 30.3 Å². The molecule has 4 rings (SSSR count). The second-order valence-corrected chi connectivity index (χ2v) is 10.6. The maximum absolute atomic E-state index is 13.0. The number of sulfonamides is 1. The molecular formula is C20H17ClN2O4S2. The molecule has 1 fully saturated rings. The van der Waals surface area contributed by atoms with Gasteiger partial charge in [-0.05, 0) is 36.2 Å². The molecule has 2 aromatic heterocycles. The summed E-state index contributed by atoms with van der Waals surface area (Å²) in [6.07, 6.45) is 1.66. The second-order valence-electron chi connectivity index (χ2n) is 7.17. The highest BCUT2D eigenvalue weighted by Crippen LogP contribution is 2.58. The van der Waals surface area contributed by atoms with Gasteiger partial charge >= 0.3 is 5.97 Å². The van der Waals surface area contributed by atoms with Crippen LogP contribution < -0.4 is 4.72 Å². The van der Waals surface area contributed by atoms with Crippen molar-refractivity contribution in [2.75, 3.05) is 0 Å². The quantitative estimate of drug-likeness (QED) is 0.595. The topological polar surface area (TPSA) is 96.4 Å². The first kappa shape index (κ1) is 20.0. The van der Waals surface area contributed by atoms with Crippen LogP contribution >= 0.6 is 22.9 Å². The minimum atomic E-state index is -4.04. The molecule has 0 bridgehead atoms. The summed E-state index contributed by atoms with van der Waals surface area (Å²) in [7, 11) is -4.04. The van der Waals surface area contributed by atoms with Crippen LogP contribution in [0.1, 0.15) is 18.9 Å². The van der Waals surface area contributed by atoms with Gasteiger partial charge in [-0.3, -0.25) is 9.78 Å². The number of halogens is 1. The fraction of sp³-hybridized carbons (Fsp3) is 0.200. The number of rotatable bonds is 6. The molecule has 9 heteroatoms. The number of thiophene rings is 1. The number of carbonyl (C=O) groups is 1. The van der Waals surface area contributed by atoms with Crippen molar-refractivity contribution in [2.24, 2.45) is 0 Å². The van der Waals surface area contributed by atoms with Gasteiger partial charge in [-0.1, -0.05) is 48.9 Å². The van der Waals surface area contributed by atoms with E-state index in [4.69, 9.17) is 11.6 Å². The fourth-order valence-corrected chi connectivity index (χ4v) is 6.40. The van der Waals surface area contributed by atoms with Crippen LogP contribution in [0.4, 0.5) is 0 Å². The highest BCUT2D eigenvalue weighted by molar-refractivity contribution is 7.91. The van der Waals surface area contributed by atoms with E-state index in [9.17, 15) is 18.3 Å². The molecule has 0 radical (unpaired) electrons. The molecule has 0 aliphatic heterocycles. The standard InChI is InChI=1S/C20H17ClN2O4S2/c1-19(13-5-3-2-4-6-13)12-20(19,18(24)25)23-29(26,27)17-10-9-16(28-17)15-8-7-14(21)11-22-15/h2-11,23H,12H2,1H3,(H,24,25)/t19-,20-/m1/s1. The molecule has 0 spiro atoms. The first-order valence-corrected chi connectivity index (χ1v) is 11.4. The third-order valence-corrected chi connectivity index (χ3v) is 8.66. The third kappa shape index (κ3) is 3.36. The van der Waals surface area contributed by atoms with Gasteiger partial charge in [0.1, 0.15) is 9.75 Å². The molecule has 0 unspecified atom stereocenters. The first-order chi connectivity index (χ1) is 13.7. The molecule has 3 aromatic rings. The predicted molar refractivity (Wildman–Crippen MR) is 112 cm³/mol. The Kier molecular flexibility index (Phi) is 4.77. The van der Waals surface area contributed by atoms with Gasteiger partial charge in [-0.25, -0.2) is 8.42 Å². The summed E-state index contributed by atoms with van der Waals surface area (Å²) in [6, 6.07) is 15.6. The van der Waals surface area contributed by atoms with Crippen molar-refractivity contribution >= 4 is 38.9 Å². The number of hydrogen-bond acceptors (Lipinski definition) is 5. The van der Waals surface area contributed by atoms with E-state index in [2.05, 4.69) is 9.71 Å². The van der Waals surface area contributed by atoms with Gasteiger partial charge in [0.15, 0.2) is 0 Å². The minimum Gasteiger partial charge on any atom is -0.480 e. The molecule has 2 heterocycles. The van der Waals surface area contributed by atoms with Crippen LogP contribution in [0.2, 0.25) is 5.02 Å². The monoisotopic (exact) mass is 448 g/mol. The molecule has 0 saturated heterocycles. The summed E-state index contributed by atoms with van der Waals surface area (Å²) in [6.45, 7) is 1.76. The normalized spacial score (nSPS) is 23.7. The molecule has 2 atom stereocenters. The van der Waals surface area contributed by atoms with E-state index in [0.29, 0.717) is 15.6 Å². The van der Waals surface area contributed by atoms with E-state index in [1.165, 1.54) is 12.3 Å². The summed E-state index contributed by atoms with van der Waals surface area (Å²) >= 11 is 6.87. The van der Waals surface area contributed by atoms with Gasteiger partial charge in [0.05, 0.1) is 15.6 Å². The number of nitrogens with one attached hydrogen (secondary N) is 1. The maximum Gasteiger partial charge on any atom is 0.325 e. The van der Waals surface area contributed by atoms with Crippen LogP contribution in [0.15, 0.2) is 65.0 Å². The molecule has 150 valence electrons. The van der Waals surface area contributed by atoms with E-state index in [1.54, 1.807) is 25.1 Å². The van der Waals surface area contributed by atoms with Crippen molar-refractivity contribution in [1.29, 1.82) is 0 Å². The number of aliphatic carboxylic acids is 1. The Balaban J connectivity index is 1.65. The number of carboxylic acid groups (broad SMARTS) is 1. The Hall–Kier alpha value is -2.26.